The van der Waals surface area contributed by atoms with Crippen LogP contribution >= 0.6 is 15.9 Å². The number of hydrogen-bond acceptors (Lipinski definition) is 4. The van der Waals surface area contributed by atoms with E-state index in [9.17, 15) is 9.90 Å². The molecule has 3 aromatic rings. The Bertz CT molecular complexity index is 986. The Morgan fingerprint density at radius 2 is 1.96 bits per heavy atom. The SMILES string of the molecule is C/C(=N/NC(=O)COc1ccc2ccccc2c1Br)c1cccc(O)c1. The first kappa shape index (κ1) is 17.9. The summed E-state index contributed by atoms with van der Waals surface area (Å²) in [5.41, 5.74) is 3.76. The summed E-state index contributed by atoms with van der Waals surface area (Å²) in [5, 5.41) is 15.6. The monoisotopic (exact) mass is 412 g/mol. The van der Waals surface area contributed by atoms with E-state index in [-0.39, 0.29) is 18.3 Å². The number of ether oxygens (including phenoxy) is 1. The maximum Gasteiger partial charge on any atom is 0.277 e. The topological polar surface area (TPSA) is 70.9 Å². The third-order valence-corrected chi connectivity index (χ3v) is 4.62. The molecule has 0 aliphatic heterocycles. The lowest BCUT2D eigenvalue weighted by atomic mass is 10.1. The number of aromatic hydroxyl groups is 1. The quantitative estimate of drug-likeness (QED) is 0.486. The number of nitrogens with one attached hydrogen (secondary N) is 1. The third kappa shape index (κ3) is 4.21. The van der Waals surface area contributed by atoms with Crippen LogP contribution < -0.4 is 10.2 Å². The first-order valence-electron chi connectivity index (χ1n) is 7.97. The van der Waals surface area contributed by atoms with Gasteiger partial charge in [-0.15, -0.1) is 0 Å². The van der Waals surface area contributed by atoms with Crippen molar-refractivity contribution in [2.75, 3.05) is 6.61 Å². The molecular weight excluding hydrogens is 396 g/mol. The molecule has 3 rings (SSSR count). The fraction of sp³-hybridized carbons (Fsp3) is 0.100. The molecule has 6 heteroatoms. The van der Waals surface area contributed by atoms with E-state index in [0.717, 1.165) is 20.8 Å². The predicted molar refractivity (Wildman–Crippen MR) is 106 cm³/mol. The molecule has 0 fully saturated rings. The van der Waals surface area contributed by atoms with Crippen LogP contribution in [0.2, 0.25) is 0 Å². The number of benzene rings is 3. The number of hydrazone groups is 1. The highest BCUT2D eigenvalue weighted by atomic mass is 79.9. The van der Waals surface area contributed by atoms with Crippen molar-refractivity contribution in [2.24, 2.45) is 5.10 Å². The van der Waals surface area contributed by atoms with Crippen molar-refractivity contribution in [2.45, 2.75) is 6.92 Å². The van der Waals surface area contributed by atoms with Crippen LogP contribution in [0.5, 0.6) is 11.5 Å². The summed E-state index contributed by atoms with van der Waals surface area (Å²) in [7, 11) is 0. The number of fused-ring (bicyclic) bond motifs is 1. The van der Waals surface area contributed by atoms with E-state index in [2.05, 4.69) is 26.5 Å². The Morgan fingerprint density at radius 3 is 2.77 bits per heavy atom. The molecule has 0 spiro atoms. The van der Waals surface area contributed by atoms with Gasteiger partial charge in [-0.1, -0.05) is 42.5 Å². The first-order chi connectivity index (χ1) is 12.5. The molecule has 1 amide bonds. The predicted octanol–water partition coefficient (Wildman–Crippen LogP) is 4.23. The minimum atomic E-state index is -0.371. The van der Waals surface area contributed by atoms with Crippen LogP contribution in [-0.2, 0) is 4.79 Å². The van der Waals surface area contributed by atoms with Crippen LogP contribution in [0.4, 0.5) is 0 Å². The number of halogens is 1. The van der Waals surface area contributed by atoms with E-state index in [1.807, 2.05) is 36.4 Å². The van der Waals surface area contributed by atoms with Gasteiger partial charge >= 0.3 is 0 Å². The van der Waals surface area contributed by atoms with Gasteiger partial charge in [0.1, 0.15) is 11.5 Å². The molecule has 0 saturated heterocycles. The van der Waals surface area contributed by atoms with Gasteiger partial charge in [-0.05, 0) is 51.8 Å². The molecule has 5 nitrogen and oxygen atoms in total. The number of carbonyl (C=O) groups is 1. The maximum absolute atomic E-state index is 12.0. The molecule has 0 bridgehead atoms. The van der Waals surface area contributed by atoms with Crippen molar-refractivity contribution in [1.82, 2.24) is 5.43 Å². The molecule has 0 radical (unpaired) electrons. The van der Waals surface area contributed by atoms with Crippen LogP contribution in [0.1, 0.15) is 12.5 Å². The van der Waals surface area contributed by atoms with Gasteiger partial charge in [0.2, 0.25) is 0 Å². The van der Waals surface area contributed by atoms with Crippen molar-refractivity contribution in [1.29, 1.82) is 0 Å². The molecule has 0 unspecified atom stereocenters. The van der Waals surface area contributed by atoms with E-state index in [4.69, 9.17) is 4.74 Å². The Kier molecular flexibility index (Phi) is 5.53. The number of amides is 1. The van der Waals surface area contributed by atoms with E-state index in [0.29, 0.717) is 11.5 Å². The van der Waals surface area contributed by atoms with E-state index in [1.165, 1.54) is 0 Å². The van der Waals surface area contributed by atoms with Crippen LogP contribution in [0, 0.1) is 0 Å². The second-order valence-corrected chi connectivity index (χ2v) is 6.46. The van der Waals surface area contributed by atoms with Crippen molar-refractivity contribution in [3.8, 4) is 11.5 Å². The highest BCUT2D eigenvalue weighted by molar-refractivity contribution is 9.10. The van der Waals surface area contributed by atoms with Gasteiger partial charge in [0.05, 0.1) is 10.2 Å². The largest absolute Gasteiger partial charge is 0.508 e. The number of carbonyl (C=O) groups excluding carboxylic acids is 1. The average Bonchev–Trinajstić information content (AvgIpc) is 2.65. The number of phenolic OH excluding ortho intramolecular Hbond substituents is 1. The molecular formula is C20H17BrN2O3. The summed E-state index contributed by atoms with van der Waals surface area (Å²) in [6, 6.07) is 18.3. The number of rotatable bonds is 5. The smallest absolute Gasteiger partial charge is 0.277 e. The van der Waals surface area contributed by atoms with Crippen molar-refractivity contribution >= 4 is 38.3 Å². The lowest BCUT2D eigenvalue weighted by Gasteiger charge is -2.10. The molecule has 132 valence electrons. The van der Waals surface area contributed by atoms with Gasteiger partial charge in [0.15, 0.2) is 6.61 Å². The van der Waals surface area contributed by atoms with Crippen LogP contribution in [0.15, 0.2) is 70.2 Å². The summed E-state index contributed by atoms with van der Waals surface area (Å²) in [4.78, 5) is 12.0. The summed E-state index contributed by atoms with van der Waals surface area (Å²) in [6.07, 6.45) is 0. The Balaban J connectivity index is 1.62. The molecule has 0 aliphatic carbocycles. The number of nitrogens with zero attached hydrogens (tertiary/aromatic N) is 1. The Hall–Kier alpha value is -2.86. The average molecular weight is 413 g/mol. The molecule has 0 saturated carbocycles. The molecule has 2 N–H and O–H groups in total. The van der Waals surface area contributed by atoms with Gasteiger partial charge in [-0.25, -0.2) is 5.43 Å². The highest BCUT2D eigenvalue weighted by Gasteiger charge is 2.08. The molecule has 26 heavy (non-hydrogen) atoms. The number of hydrogen-bond donors (Lipinski definition) is 2. The van der Waals surface area contributed by atoms with Crippen molar-refractivity contribution < 1.29 is 14.6 Å². The van der Waals surface area contributed by atoms with E-state index >= 15 is 0 Å². The zero-order valence-electron chi connectivity index (χ0n) is 14.1. The van der Waals surface area contributed by atoms with Crippen molar-refractivity contribution in [3.63, 3.8) is 0 Å². The summed E-state index contributed by atoms with van der Waals surface area (Å²) in [5.74, 6) is 0.366. The summed E-state index contributed by atoms with van der Waals surface area (Å²) < 4.78 is 6.40. The zero-order chi connectivity index (χ0) is 18.5. The molecule has 0 aromatic heterocycles. The molecule has 0 aliphatic rings. The lowest BCUT2D eigenvalue weighted by Crippen LogP contribution is -2.25. The standard InChI is InChI=1S/C20H17BrN2O3/c1-13(15-6-4-7-16(24)11-15)22-23-19(25)12-26-18-10-9-14-5-2-3-8-17(14)20(18)21/h2-11,24H,12H2,1H3,(H,23,25)/b22-13-. The third-order valence-electron chi connectivity index (χ3n) is 3.80. The minimum Gasteiger partial charge on any atom is -0.508 e. The second kappa shape index (κ2) is 8.01. The zero-order valence-corrected chi connectivity index (χ0v) is 15.7. The summed E-state index contributed by atoms with van der Waals surface area (Å²) in [6.45, 7) is 1.59. The highest BCUT2D eigenvalue weighted by Crippen LogP contribution is 2.32. The van der Waals surface area contributed by atoms with E-state index < -0.39 is 0 Å². The van der Waals surface area contributed by atoms with Gasteiger partial charge in [0.25, 0.3) is 5.91 Å². The Morgan fingerprint density at radius 1 is 1.15 bits per heavy atom. The van der Waals surface area contributed by atoms with Gasteiger partial charge in [-0.3, -0.25) is 4.79 Å². The van der Waals surface area contributed by atoms with Gasteiger partial charge in [-0.2, -0.15) is 5.10 Å². The molecule has 0 atom stereocenters. The normalized spacial score (nSPS) is 11.4. The van der Waals surface area contributed by atoms with Crippen molar-refractivity contribution in [3.05, 3.63) is 70.7 Å². The number of phenols is 1. The van der Waals surface area contributed by atoms with Crippen LogP contribution in [-0.4, -0.2) is 23.3 Å². The van der Waals surface area contributed by atoms with Crippen LogP contribution in [0.25, 0.3) is 10.8 Å². The first-order valence-corrected chi connectivity index (χ1v) is 8.76. The lowest BCUT2D eigenvalue weighted by molar-refractivity contribution is -0.123. The molecule has 3 aromatic carbocycles. The fourth-order valence-corrected chi connectivity index (χ4v) is 3.05. The van der Waals surface area contributed by atoms with Gasteiger partial charge in [0, 0.05) is 5.56 Å². The van der Waals surface area contributed by atoms with Gasteiger partial charge < -0.3 is 9.84 Å². The summed E-state index contributed by atoms with van der Waals surface area (Å²) >= 11 is 3.52. The Labute approximate surface area is 159 Å². The maximum atomic E-state index is 12.0. The second-order valence-electron chi connectivity index (χ2n) is 5.67. The molecule has 0 heterocycles. The fourth-order valence-electron chi connectivity index (χ4n) is 2.44. The van der Waals surface area contributed by atoms with E-state index in [1.54, 1.807) is 31.2 Å². The van der Waals surface area contributed by atoms with Crippen LogP contribution in [0.3, 0.4) is 0 Å². The minimum absolute atomic E-state index is 0.146.